The molecule has 0 spiro atoms. The van der Waals surface area contributed by atoms with Gasteiger partial charge in [-0.1, -0.05) is 87.9 Å². The fourth-order valence-electron chi connectivity index (χ4n) is 4.12. The van der Waals surface area contributed by atoms with E-state index in [0.717, 1.165) is 60.2 Å². The molecule has 0 aliphatic rings. The van der Waals surface area contributed by atoms with E-state index in [9.17, 15) is 0 Å². The molecular formula is C29H25BrN6S. The number of thiazole rings is 1. The first kappa shape index (κ1) is 24.8. The lowest BCUT2D eigenvalue weighted by molar-refractivity contribution is 1.17. The minimum absolute atomic E-state index is 0.666. The molecule has 3 aromatic carbocycles. The quantitative estimate of drug-likeness (QED) is 0.116. The van der Waals surface area contributed by atoms with E-state index in [4.69, 9.17) is 5.10 Å². The molecule has 0 saturated heterocycles. The van der Waals surface area contributed by atoms with E-state index in [-0.39, 0.29) is 0 Å². The first-order valence-corrected chi connectivity index (χ1v) is 13.4. The van der Waals surface area contributed by atoms with Crippen LogP contribution in [0.25, 0.3) is 22.4 Å². The first-order chi connectivity index (χ1) is 18.0. The average Bonchev–Trinajstić information content (AvgIpc) is 3.47. The van der Waals surface area contributed by atoms with Gasteiger partial charge in [0.15, 0.2) is 5.00 Å². The number of anilines is 1. The maximum Gasteiger partial charge on any atom is 0.205 e. The monoisotopic (exact) mass is 568 g/mol. The van der Waals surface area contributed by atoms with Gasteiger partial charge in [-0.05, 0) is 56.2 Å². The van der Waals surface area contributed by atoms with Crippen LogP contribution in [0.15, 0.2) is 105 Å². The molecular weight excluding hydrogens is 544 g/mol. The topological polar surface area (TPSA) is 77.8 Å². The van der Waals surface area contributed by atoms with Crippen LogP contribution in [0, 0.1) is 13.8 Å². The third-order valence-corrected chi connectivity index (χ3v) is 7.32. The molecule has 0 atom stereocenters. The zero-order chi connectivity index (χ0) is 25.8. The Balaban J connectivity index is 1.45. The molecule has 5 rings (SSSR count). The van der Waals surface area contributed by atoms with Crippen LogP contribution in [0.3, 0.4) is 0 Å². The summed E-state index contributed by atoms with van der Waals surface area (Å²) in [7, 11) is 0. The van der Waals surface area contributed by atoms with E-state index in [1.54, 1.807) is 0 Å². The van der Waals surface area contributed by atoms with Crippen molar-refractivity contribution in [3.05, 3.63) is 106 Å². The Hall–Kier alpha value is -3.88. The number of rotatable bonds is 7. The SMILES string of the molecule is CC(=NNc1nc(C)c(N=Nc2ccc(Br)cc2)s1)c1c(C)[nH]c(-c2ccccc2)c1-c1ccccc1. The molecule has 0 fully saturated rings. The molecule has 0 saturated carbocycles. The molecule has 0 aliphatic heterocycles. The van der Waals surface area contributed by atoms with Crippen LogP contribution < -0.4 is 5.43 Å². The number of hydrogen-bond donors (Lipinski definition) is 2. The van der Waals surface area contributed by atoms with Crippen LogP contribution in [0.5, 0.6) is 0 Å². The van der Waals surface area contributed by atoms with Crippen LogP contribution in [-0.4, -0.2) is 15.7 Å². The Morgan fingerprint density at radius 3 is 2.19 bits per heavy atom. The van der Waals surface area contributed by atoms with Gasteiger partial charge < -0.3 is 4.98 Å². The minimum Gasteiger partial charge on any atom is -0.358 e. The number of aromatic nitrogens is 2. The highest BCUT2D eigenvalue weighted by Crippen LogP contribution is 2.37. The molecule has 184 valence electrons. The predicted octanol–water partition coefficient (Wildman–Crippen LogP) is 9.44. The van der Waals surface area contributed by atoms with Gasteiger partial charge in [-0.25, -0.2) is 4.98 Å². The molecule has 0 amide bonds. The number of benzene rings is 3. The molecule has 5 aromatic rings. The summed E-state index contributed by atoms with van der Waals surface area (Å²) >= 11 is 4.85. The highest BCUT2D eigenvalue weighted by Gasteiger charge is 2.20. The van der Waals surface area contributed by atoms with Crippen LogP contribution in [-0.2, 0) is 0 Å². The van der Waals surface area contributed by atoms with Gasteiger partial charge in [-0.3, -0.25) is 5.43 Å². The van der Waals surface area contributed by atoms with Crippen molar-refractivity contribution < 1.29 is 0 Å². The molecule has 6 nitrogen and oxygen atoms in total. The summed E-state index contributed by atoms with van der Waals surface area (Å²) in [5, 5.41) is 14.8. The van der Waals surface area contributed by atoms with Crippen molar-refractivity contribution in [3.63, 3.8) is 0 Å². The molecule has 37 heavy (non-hydrogen) atoms. The Bertz CT molecular complexity index is 1570. The number of H-pyrrole nitrogens is 1. The van der Waals surface area contributed by atoms with E-state index < -0.39 is 0 Å². The number of hydrazone groups is 1. The van der Waals surface area contributed by atoms with Crippen LogP contribution >= 0.6 is 27.3 Å². The van der Waals surface area contributed by atoms with E-state index in [0.29, 0.717) is 5.13 Å². The lowest BCUT2D eigenvalue weighted by Crippen LogP contribution is -2.02. The van der Waals surface area contributed by atoms with Gasteiger partial charge >= 0.3 is 0 Å². The molecule has 2 aromatic heterocycles. The third kappa shape index (κ3) is 5.60. The van der Waals surface area contributed by atoms with Gasteiger partial charge in [-0.15, -0.1) is 10.2 Å². The summed E-state index contributed by atoms with van der Waals surface area (Å²) in [6.45, 7) is 6.02. The normalized spacial score (nSPS) is 11.8. The number of halogens is 1. The number of nitrogens with one attached hydrogen (secondary N) is 2. The van der Waals surface area contributed by atoms with Gasteiger partial charge in [0.1, 0.15) is 0 Å². The largest absolute Gasteiger partial charge is 0.358 e. The standard InChI is InChI=1S/C29H25BrN6S/c1-18-25(26(21-10-6-4-7-11-21)27(31-18)22-12-8-5-9-13-22)19(2)33-36-29-32-20(3)28(37-29)35-34-24-16-14-23(30)15-17-24/h4-17,31H,1-3H3,(H,32,36). The smallest absolute Gasteiger partial charge is 0.205 e. The highest BCUT2D eigenvalue weighted by molar-refractivity contribution is 9.10. The number of aromatic amines is 1. The maximum atomic E-state index is 4.72. The second-order valence-corrected chi connectivity index (χ2v) is 10.4. The van der Waals surface area contributed by atoms with Crippen molar-refractivity contribution in [2.24, 2.45) is 15.3 Å². The predicted molar refractivity (Wildman–Crippen MR) is 157 cm³/mol. The fourth-order valence-corrected chi connectivity index (χ4v) is 5.12. The van der Waals surface area contributed by atoms with Crippen molar-refractivity contribution >= 4 is 48.8 Å². The molecule has 0 aliphatic carbocycles. The second-order valence-electron chi connectivity index (χ2n) is 8.50. The molecule has 2 heterocycles. The lowest BCUT2D eigenvalue weighted by Gasteiger charge is -2.09. The maximum absolute atomic E-state index is 4.72. The van der Waals surface area contributed by atoms with Gasteiger partial charge in [0, 0.05) is 21.3 Å². The molecule has 8 heteroatoms. The van der Waals surface area contributed by atoms with Crippen molar-refractivity contribution in [2.75, 3.05) is 5.43 Å². The van der Waals surface area contributed by atoms with Gasteiger partial charge in [-0.2, -0.15) is 5.10 Å². The van der Waals surface area contributed by atoms with Gasteiger partial charge in [0.25, 0.3) is 0 Å². The Kier molecular flexibility index (Phi) is 7.39. The minimum atomic E-state index is 0.666. The number of nitrogens with zero attached hydrogens (tertiary/aromatic N) is 4. The van der Waals surface area contributed by atoms with Crippen LogP contribution in [0.1, 0.15) is 23.9 Å². The van der Waals surface area contributed by atoms with Crippen molar-refractivity contribution in [1.82, 2.24) is 9.97 Å². The van der Waals surface area contributed by atoms with Crippen molar-refractivity contribution in [3.8, 4) is 22.4 Å². The molecule has 0 radical (unpaired) electrons. The van der Waals surface area contributed by atoms with Crippen molar-refractivity contribution in [2.45, 2.75) is 20.8 Å². The molecule has 0 unspecified atom stereocenters. The van der Waals surface area contributed by atoms with Crippen molar-refractivity contribution in [1.29, 1.82) is 0 Å². The van der Waals surface area contributed by atoms with E-state index >= 15 is 0 Å². The Labute approximate surface area is 228 Å². The number of hydrogen-bond acceptors (Lipinski definition) is 6. The molecule has 0 bridgehead atoms. The van der Waals surface area contributed by atoms with Gasteiger partial charge in [0.2, 0.25) is 5.13 Å². The summed E-state index contributed by atoms with van der Waals surface area (Å²) < 4.78 is 1.00. The second kappa shape index (κ2) is 11.0. The Morgan fingerprint density at radius 2 is 1.51 bits per heavy atom. The fraction of sp³-hybridized carbons (Fsp3) is 0.103. The third-order valence-electron chi connectivity index (χ3n) is 5.85. The zero-order valence-corrected chi connectivity index (χ0v) is 23.1. The highest BCUT2D eigenvalue weighted by atomic mass is 79.9. The molecule has 2 N–H and O–H groups in total. The van der Waals surface area contributed by atoms with E-state index in [2.05, 4.69) is 97.0 Å². The summed E-state index contributed by atoms with van der Waals surface area (Å²) in [4.78, 5) is 8.19. The number of azo groups is 1. The first-order valence-electron chi connectivity index (χ1n) is 11.8. The summed E-state index contributed by atoms with van der Waals surface area (Å²) in [6.07, 6.45) is 0. The van der Waals surface area contributed by atoms with E-state index in [1.807, 2.05) is 50.2 Å². The van der Waals surface area contributed by atoms with Crippen LogP contribution in [0.4, 0.5) is 15.8 Å². The summed E-state index contributed by atoms with van der Waals surface area (Å²) in [5.74, 6) is 0. The summed E-state index contributed by atoms with van der Waals surface area (Å²) in [5.41, 5.74) is 12.2. The van der Waals surface area contributed by atoms with E-state index in [1.165, 1.54) is 11.3 Å². The Morgan fingerprint density at radius 1 is 0.865 bits per heavy atom. The lowest BCUT2D eigenvalue weighted by atomic mass is 9.95. The van der Waals surface area contributed by atoms with Crippen LogP contribution in [0.2, 0.25) is 0 Å². The zero-order valence-electron chi connectivity index (χ0n) is 20.7. The average molecular weight is 570 g/mol. The number of aryl methyl sites for hydroxylation is 2. The summed E-state index contributed by atoms with van der Waals surface area (Å²) in [6, 6.07) is 28.5. The van der Waals surface area contributed by atoms with Gasteiger partial charge in [0.05, 0.1) is 22.8 Å².